The van der Waals surface area contributed by atoms with E-state index in [1.807, 2.05) is 11.0 Å². The van der Waals surface area contributed by atoms with E-state index in [1.165, 1.54) is 0 Å². The number of morpholine rings is 1. The minimum atomic E-state index is -0.123. The molecular weight excluding hydrogens is 318 g/mol. The Bertz CT molecular complexity index is 626. The Kier molecular flexibility index (Phi) is 5.24. The molecule has 0 bridgehead atoms. The Labute approximate surface area is 149 Å². The molecule has 3 heterocycles. The molecule has 7 heteroatoms. The number of nitrogens with two attached hydrogens (primary N) is 1. The van der Waals surface area contributed by atoms with Crippen molar-refractivity contribution >= 4 is 11.7 Å². The number of anilines is 1. The molecule has 3 rings (SSSR count). The van der Waals surface area contributed by atoms with E-state index in [0.717, 1.165) is 30.8 Å². The Morgan fingerprint density at radius 2 is 1.96 bits per heavy atom. The number of ether oxygens (including phenoxy) is 1. The van der Waals surface area contributed by atoms with Crippen LogP contribution in [0.5, 0.6) is 0 Å². The zero-order valence-electron chi connectivity index (χ0n) is 15.6. The van der Waals surface area contributed by atoms with Crippen LogP contribution in [0.1, 0.15) is 39.0 Å². The van der Waals surface area contributed by atoms with Crippen LogP contribution in [0.4, 0.5) is 5.82 Å². The van der Waals surface area contributed by atoms with Gasteiger partial charge < -0.3 is 15.4 Å². The van der Waals surface area contributed by atoms with Crippen LogP contribution in [0.25, 0.3) is 0 Å². The lowest BCUT2D eigenvalue weighted by atomic mass is 9.97. The van der Waals surface area contributed by atoms with Crippen molar-refractivity contribution in [1.82, 2.24) is 20.0 Å². The van der Waals surface area contributed by atoms with Gasteiger partial charge in [-0.1, -0.05) is 13.8 Å². The van der Waals surface area contributed by atoms with Crippen LogP contribution in [-0.2, 0) is 22.5 Å². The van der Waals surface area contributed by atoms with Crippen LogP contribution in [0.3, 0.4) is 0 Å². The normalized spacial score (nSPS) is 25.7. The fourth-order valence-electron chi connectivity index (χ4n) is 4.03. The minimum absolute atomic E-state index is 0.123. The molecule has 2 N–H and O–H groups in total. The van der Waals surface area contributed by atoms with E-state index in [2.05, 4.69) is 42.8 Å². The number of aromatic nitrogens is 2. The van der Waals surface area contributed by atoms with Crippen LogP contribution in [0.2, 0.25) is 0 Å². The summed E-state index contributed by atoms with van der Waals surface area (Å²) >= 11 is 0. The molecule has 1 amide bonds. The summed E-state index contributed by atoms with van der Waals surface area (Å²) in [5, 5.41) is 8.08. The maximum Gasteiger partial charge on any atom is 0.240 e. The summed E-state index contributed by atoms with van der Waals surface area (Å²) in [7, 11) is 0. The smallest absolute Gasteiger partial charge is 0.240 e. The van der Waals surface area contributed by atoms with Gasteiger partial charge in [0.15, 0.2) is 0 Å². The molecule has 3 unspecified atom stereocenters. The van der Waals surface area contributed by atoms with Gasteiger partial charge in [-0.15, -0.1) is 5.10 Å². The number of nitrogens with zero attached hydrogens (tertiary/aromatic N) is 4. The van der Waals surface area contributed by atoms with Gasteiger partial charge >= 0.3 is 0 Å². The Hall–Kier alpha value is -1.73. The quantitative estimate of drug-likeness (QED) is 0.881. The topological polar surface area (TPSA) is 84.6 Å². The molecule has 2 aliphatic heterocycles. The summed E-state index contributed by atoms with van der Waals surface area (Å²) in [6.45, 7) is 11.2. The van der Waals surface area contributed by atoms with E-state index in [4.69, 9.17) is 10.5 Å². The molecule has 0 spiro atoms. The van der Waals surface area contributed by atoms with Gasteiger partial charge in [0.05, 0.1) is 23.9 Å². The van der Waals surface area contributed by atoms with Gasteiger partial charge in [0.1, 0.15) is 5.82 Å². The van der Waals surface area contributed by atoms with Crippen molar-refractivity contribution in [2.24, 2.45) is 5.92 Å². The number of carbonyl (C=O) groups is 1. The van der Waals surface area contributed by atoms with Crippen LogP contribution in [-0.4, -0.2) is 63.8 Å². The molecule has 0 saturated carbocycles. The number of nitrogen functional groups attached to an aromatic ring is 1. The summed E-state index contributed by atoms with van der Waals surface area (Å²) in [6.07, 6.45) is 1.03. The highest BCUT2D eigenvalue weighted by molar-refractivity contribution is 5.82. The van der Waals surface area contributed by atoms with Crippen molar-refractivity contribution in [3.05, 3.63) is 17.3 Å². The Morgan fingerprint density at radius 3 is 2.60 bits per heavy atom. The third-order valence-corrected chi connectivity index (χ3v) is 5.00. The standard InChI is InChI=1S/C18H29N5O2/c1-11(2)17(23-8-12(3)25-13(4)9-23)18(24)22-6-5-15-14(10-22)7-16(19)21-20-15/h7,11-13,17H,5-6,8-10H2,1-4H3,(H2,19,21). The number of hydrogen-bond donors (Lipinski definition) is 1. The lowest BCUT2D eigenvalue weighted by molar-refractivity contribution is -0.146. The van der Waals surface area contributed by atoms with E-state index in [9.17, 15) is 4.79 Å². The maximum absolute atomic E-state index is 13.3. The van der Waals surface area contributed by atoms with Crippen molar-refractivity contribution in [2.75, 3.05) is 25.4 Å². The van der Waals surface area contributed by atoms with Crippen LogP contribution >= 0.6 is 0 Å². The molecule has 1 saturated heterocycles. The zero-order chi connectivity index (χ0) is 18.1. The van der Waals surface area contributed by atoms with Gasteiger partial charge in [0.2, 0.25) is 5.91 Å². The fraction of sp³-hybridized carbons (Fsp3) is 0.722. The van der Waals surface area contributed by atoms with Crippen LogP contribution in [0.15, 0.2) is 6.07 Å². The second-order valence-electron chi connectivity index (χ2n) is 7.65. The van der Waals surface area contributed by atoms with Gasteiger partial charge in [0.25, 0.3) is 0 Å². The van der Waals surface area contributed by atoms with E-state index in [-0.39, 0.29) is 30.1 Å². The van der Waals surface area contributed by atoms with Crippen molar-refractivity contribution in [2.45, 2.75) is 58.9 Å². The SMILES string of the molecule is CC1CN(C(C(=O)N2CCc3nnc(N)cc3C2)C(C)C)CC(C)O1. The van der Waals surface area contributed by atoms with E-state index < -0.39 is 0 Å². The third-order valence-electron chi connectivity index (χ3n) is 5.00. The Balaban J connectivity index is 1.77. The predicted octanol–water partition coefficient (Wildman–Crippen LogP) is 1.08. The molecule has 7 nitrogen and oxygen atoms in total. The minimum Gasteiger partial charge on any atom is -0.382 e. The number of amides is 1. The summed E-state index contributed by atoms with van der Waals surface area (Å²) in [5.41, 5.74) is 7.72. The van der Waals surface area contributed by atoms with Crippen molar-refractivity contribution in [3.8, 4) is 0 Å². The lowest BCUT2D eigenvalue weighted by Gasteiger charge is -2.43. The molecule has 1 fully saturated rings. The first-order valence-corrected chi connectivity index (χ1v) is 9.14. The maximum atomic E-state index is 13.3. The van der Waals surface area contributed by atoms with Crippen molar-refractivity contribution in [3.63, 3.8) is 0 Å². The first-order valence-electron chi connectivity index (χ1n) is 9.14. The zero-order valence-corrected chi connectivity index (χ0v) is 15.6. The average Bonchev–Trinajstić information content (AvgIpc) is 2.52. The van der Waals surface area contributed by atoms with E-state index in [0.29, 0.717) is 18.9 Å². The van der Waals surface area contributed by atoms with Crippen molar-refractivity contribution < 1.29 is 9.53 Å². The number of rotatable bonds is 3. The van der Waals surface area contributed by atoms with Gasteiger partial charge in [0, 0.05) is 32.6 Å². The molecule has 1 aromatic rings. The number of hydrogen-bond acceptors (Lipinski definition) is 6. The second kappa shape index (κ2) is 7.25. The third kappa shape index (κ3) is 3.93. The first-order chi connectivity index (χ1) is 11.8. The summed E-state index contributed by atoms with van der Waals surface area (Å²) in [6, 6.07) is 1.72. The highest BCUT2D eigenvalue weighted by atomic mass is 16.5. The molecule has 1 aromatic heterocycles. The predicted molar refractivity (Wildman–Crippen MR) is 95.8 cm³/mol. The molecule has 0 aromatic carbocycles. The molecule has 2 aliphatic rings. The van der Waals surface area contributed by atoms with Gasteiger partial charge in [-0.25, -0.2) is 0 Å². The molecule has 0 radical (unpaired) electrons. The molecule has 138 valence electrons. The van der Waals surface area contributed by atoms with Gasteiger partial charge in [-0.2, -0.15) is 5.10 Å². The largest absolute Gasteiger partial charge is 0.382 e. The lowest BCUT2D eigenvalue weighted by Crippen LogP contribution is -2.58. The second-order valence-corrected chi connectivity index (χ2v) is 7.65. The molecule has 3 atom stereocenters. The van der Waals surface area contributed by atoms with E-state index >= 15 is 0 Å². The molecule has 25 heavy (non-hydrogen) atoms. The van der Waals surface area contributed by atoms with Gasteiger partial charge in [-0.05, 0) is 31.4 Å². The number of fused-ring (bicyclic) bond motifs is 1. The highest BCUT2D eigenvalue weighted by Crippen LogP contribution is 2.24. The van der Waals surface area contributed by atoms with Crippen LogP contribution in [0, 0.1) is 5.92 Å². The summed E-state index contributed by atoms with van der Waals surface area (Å²) in [5.74, 6) is 0.841. The summed E-state index contributed by atoms with van der Waals surface area (Å²) in [4.78, 5) is 17.6. The highest BCUT2D eigenvalue weighted by Gasteiger charge is 2.37. The van der Waals surface area contributed by atoms with Gasteiger partial charge in [-0.3, -0.25) is 9.69 Å². The number of carbonyl (C=O) groups excluding carboxylic acids is 1. The monoisotopic (exact) mass is 347 g/mol. The van der Waals surface area contributed by atoms with Crippen LogP contribution < -0.4 is 5.73 Å². The fourth-order valence-corrected chi connectivity index (χ4v) is 4.03. The molecular formula is C18H29N5O2. The van der Waals surface area contributed by atoms with Crippen molar-refractivity contribution in [1.29, 1.82) is 0 Å². The Morgan fingerprint density at radius 1 is 1.28 bits per heavy atom. The molecule has 0 aliphatic carbocycles. The summed E-state index contributed by atoms with van der Waals surface area (Å²) < 4.78 is 5.84. The first kappa shape index (κ1) is 18.1. The average molecular weight is 347 g/mol. The van der Waals surface area contributed by atoms with E-state index in [1.54, 1.807) is 0 Å².